The maximum atomic E-state index is 11.3. The average Bonchev–Trinajstić information content (AvgIpc) is 2.82. The normalized spacial score (nSPS) is 11.1. The Bertz CT molecular complexity index is 611. The highest BCUT2D eigenvalue weighted by molar-refractivity contribution is 5.86. The van der Waals surface area contributed by atoms with Crippen molar-refractivity contribution in [3.8, 4) is 11.3 Å². The van der Waals surface area contributed by atoms with Crippen molar-refractivity contribution in [3.05, 3.63) is 41.1 Å². The van der Waals surface area contributed by atoms with E-state index in [2.05, 4.69) is 51.0 Å². The fourth-order valence-corrected chi connectivity index (χ4v) is 2.23. The lowest BCUT2D eigenvalue weighted by atomic mass is 10.0. The number of rotatable bonds is 5. The molecule has 0 amide bonds. The summed E-state index contributed by atoms with van der Waals surface area (Å²) in [7, 11) is 0. The summed E-state index contributed by atoms with van der Waals surface area (Å²) < 4.78 is 1.89. The predicted molar refractivity (Wildman–Crippen MR) is 82.0 cm³/mol. The standard InChI is InChI=1S/C17H22N2O/c1-12(2)7-8-19-10-15(11-20)17(18-19)16-9-13(3)5-6-14(16)4/h5-6,9-12H,7-8H2,1-4H3. The molecule has 0 bridgehead atoms. The van der Waals surface area contributed by atoms with Crippen LogP contribution in [0.2, 0.25) is 0 Å². The molecular formula is C17H22N2O. The molecule has 0 aliphatic carbocycles. The van der Waals surface area contributed by atoms with Gasteiger partial charge in [-0.3, -0.25) is 9.48 Å². The average molecular weight is 270 g/mol. The highest BCUT2D eigenvalue weighted by Crippen LogP contribution is 2.26. The zero-order valence-electron chi connectivity index (χ0n) is 12.7. The first-order valence-electron chi connectivity index (χ1n) is 7.11. The van der Waals surface area contributed by atoms with Crippen molar-refractivity contribution in [2.75, 3.05) is 0 Å². The highest BCUT2D eigenvalue weighted by Gasteiger charge is 2.13. The zero-order valence-corrected chi connectivity index (χ0v) is 12.7. The maximum absolute atomic E-state index is 11.3. The van der Waals surface area contributed by atoms with Crippen LogP contribution in [0, 0.1) is 19.8 Å². The van der Waals surface area contributed by atoms with Crippen LogP contribution in [0.1, 0.15) is 41.8 Å². The highest BCUT2D eigenvalue weighted by atomic mass is 16.1. The number of hydrogen-bond donors (Lipinski definition) is 0. The number of benzene rings is 1. The van der Waals surface area contributed by atoms with E-state index in [1.54, 1.807) is 0 Å². The minimum atomic E-state index is 0.628. The molecule has 0 unspecified atom stereocenters. The second kappa shape index (κ2) is 6.04. The summed E-state index contributed by atoms with van der Waals surface area (Å²) in [4.78, 5) is 11.3. The van der Waals surface area contributed by atoms with Crippen molar-refractivity contribution in [3.63, 3.8) is 0 Å². The van der Waals surface area contributed by atoms with E-state index < -0.39 is 0 Å². The van der Waals surface area contributed by atoms with E-state index in [-0.39, 0.29) is 0 Å². The molecule has 1 heterocycles. The van der Waals surface area contributed by atoms with Gasteiger partial charge in [0.25, 0.3) is 0 Å². The number of aryl methyl sites for hydroxylation is 3. The van der Waals surface area contributed by atoms with E-state index in [9.17, 15) is 4.79 Å². The smallest absolute Gasteiger partial charge is 0.153 e. The first-order valence-corrected chi connectivity index (χ1v) is 7.11. The third kappa shape index (κ3) is 3.16. The summed E-state index contributed by atoms with van der Waals surface area (Å²) in [5, 5.41) is 4.61. The SMILES string of the molecule is Cc1ccc(C)c(-c2nn(CCC(C)C)cc2C=O)c1. The summed E-state index contributed by atoms with van der Waals surface area (Å²) in [6.45, 7) is 9.34. The molecule has 0 radical (unpaired) electrons. The lowest BCUT2D eigenvalue weighted by Crippen LogP contribution is -2.02. The number of nitrogens with zero attached hydrogens (tertiary/aromatic N) is 2. The number of aldehydes is 1. The molecule has 1 aromatic heterocycles. The molecule has 0 saturated heterocycles. The van der Waals surface area contributed by atoms with Crippen LogP contribution in [0.3, 0.4) is 0 Å². The van der Waals surface area contributed by atoms with Crippen LogP contribution in [0.5, 0.6) is 0 Å². The van der Waals surface area contributed by atoms with Crippen LogP contribution in [-0.4, -0.2) is 16.1 Å². The molecule has 1 aromatic carbocycles. The monoisotopic (exact) mass is 270 g/mol. The first kappa shape index (κ1) is 14.5. The predicted octanol–water partition coefficient (Wildman–Crippen LogP) is 4.03. The van der Waals surface area contributed by atoms with Gasteiger partial charge in [-0.05, 0) is 37.8 Å². The van der Waals surface area contributed by atoms with E-state index in [4.69, 9.17) is 0 Å². The van der Waals surface area contributed by atoms with Crippen LogP contribution in [-0.2, 0) is 6.54 Å². The number of aromatic nitrogens is 2. The fourth-order valence-electron chi connectivity index (χ4n) is 2.23. The Labute approximate surface area is 120 Å². The second-order valence-corrected chi connectivity index (χ2v) is 5.81. The van der Waals surface area contributed by atoms with Gasteiger partial charge in [0.2, 0.25) is 0 Å². The fraction of sp³-hybridized carbons (Fsp3) is 0.412. The molecule has 3 heteroatoms. The summed E-state index contributed by atoms with van der Waals surface area (Å²) in [6, 6.07) is 6.25. The third-order valence-corrected chi connectivity index (χ3v) is 3.50. The van der Waals surface area contributed by atoms with E-state index in [1.807, 2.05) is 10.9 Å². The van der Waals surface area contributed by atoms with E-state index in [1.165, 1.54) is 5.56 Å². The van der Waals surface area contributed by atoms with E-state index in [0.29, 0.717) is 11.5 Å². The van der Waals surface area contributed by atoms with Crippen molar-refractivity contribution in [2.24, 2.45) is 5.92 Å². The molecule has 0 aliphatic rings. The molecule has 0 atom stereocenters. The van der Waals surface area contributed by atoms with Gasteiger partial charge in [-0.25, -0.2) is 0 Å². The van der Waals surface area contributed by atoms with Gasteiger partial charge < -0.3 is 0 Å². The summed E-state index contributed by atoms with van der Waals surface area (Å²) in [6.07, 6.45) is 3.81. The second-order valence-electron chi connectivity index (χ2n) is 5.81. The van der Waals surface area contributed by atoms with Crippen LogP contribution >= 0.6 is 0 Å². The number of carbonyl (C=O) groups excluding carboxylic acids is 1. The first-order chi connectivity index (χ1) is 9.51. The maximum Gasteiger partial charge on any atom is 0.153 e. The third-order valence-electron chi connectivity index (χ3n) is 3.50. The zero-order chi connectivity index (χ0) is 14.7. The van der Waals surface area contributed by atoms with Gasteiger partial charge in [0.1, 0.15) is 5.69 Å². The Kier molecular flexibility index (Phi) is 4.38. The molecule has 20 heavy (non-hydrogen) atoms. The van der Waals surface area contributed by atoms with Crippen molar-refractivity contribution in [1.82, 2.24) is 9.78 Å². The van der Waals surface area contributed by atoms with Crippen LogP contribution < -0.4 is 0 Å². The quantitative estimate of drug-likeness (QED) is 0.769. The van der Waals surface area contributed by atoms with Crippen LogP contribution in [0.4, 0.5) is 0 Å². The van der Waals surface area contributed by atoms with Gasteiger partial charge in [0.05, 0.1) is 5.56 Å². The van der Waals surface area contributed by atoms with Crippen LogP contribution in [0.15, 0.2) is 24.4 Å². The molecule has 106 valence electrons. The molecule has 0 N–H and O–H groups in total. The lowest BCUT2D eigenvalue weighted by molar-refractivity contribution is 0.112. The lowest BCUT2D eigenvalue weighted by Gasteiger charge is -2.06. The molecule has 3 nitrogen and oxygen atoms in total. The molecule has 0 fully saturated rings. The minimum absolute atomic E-state index is 0.628. The number of hydrogen-bond acceptors (Lipinski definition) is 2. The molecule has 2 rings (SSSR count). The van der Waals surface area contributed by atoms with E-state index >= 15 is 0 Å². The van der Waals surface area contributed by atoms with Crippen molar-refractivity contribution in [1.29, 1.82) is 0 Å². The molecule has 0 spiro atoms. The molecule has 2 aromatic rings. The van der Waals surface area contributed by atoms with Gasteiger partial charge in [-0.2, -0.15) is 5.10 Å². The van der Waals surface area contributed by atoms with Gasteiger partial charge in [0, 0.05) is 18.3 Å². The van der Waals surface area contributed by atoms with Crippen molar-refractivity contribution in [2.45, 2.75) is 40.7 Å². The Hall–Kier alpha value is -1.90. The van der Waals surface area contributed by atoms with Gasteiger partial charge in [-0.15, -0.1) is 0 Å². The Morgan fingerprint density at radius 1 is 1.30 bits per heavy atom. The van der Waals surface area contributed by atoms with Crippen molar-refractivity contribution >= 4 is 6.29 Å². The summed E-state index contributed by atoms with van der Waals surface area (Å²) in [5.41, 5.74) is 4.84. The molecular weight excluding hydrogens is 248 g/mol. The van der Waals surface area contributed by atoms with Gasteiger partial charge >= 0.3 is 0 Å². The summed E-state index contributed by atoms with van der Waals surface area (Å²) in [5.74, 6) is 0.628. The molecule has 0 saturated carbocycles. The largest absolute Gasteiger partial charge is 0.298 e. The Balaban J connectivity index is 2.40. The Morgan fingerprint density at radius 2 is 2.05 bits per heavy atom. The van der Waals surface area contributed by atoms with E-state index in [0.717, 1.165) is 36.1 Å². The minimum Gasteiger partial charge on any atom is -0.298 e. The molecule has 0 aliphatic heterocycles. The van der Waals surface area contributed by atoms with Crippen molar-refractivity contribution < 1.29 is 4.79 Å². The summed E-state index contributed by atoms with van der Waals surface area (Å²) >= 11 is 0. The van der Waals surface area contributed by atoms with Gasteiger partial charge in [-0.1, -0.05) is 31.5 Å². The van der Waals surface area contributed by atoms with Gasteiger partial charge in [0.15, 0.2) is 6.29 Å². The number of carbonyl (C=O) groups is 1. The topological polar surface area (TPSA) is 34.9 Å². The van der Waals surface area contributed by atoms with Crippen LogP contribution in [0.25, 0.3) is 11.3 Å². The Morgan fingerprint density at radius 3 is 2.70 bits per heavy atom.